The van der Waals surface area contributed by atoms with Crippen LogP contribution < -0.4 is 15.5 Å². The number of carbonyl (C=O) groups is 2. The topological polar surface area (TPSA) is 79.8 Å². The highest BCUT2D eigenvalue weighted by Crippen LogP contribution is 2.16. The maximum absolute atomic E-state index is 12.2. The van der Waals surface area contributed by atoms with Crippen LogP contribution in [0.15, 0.2) is 88.4 Å². The molecule has 0 aliphatic rings. The number of carbonyl (C=O) groups excluding carboxylic acids is 2. The summed E-state index contributed by atoms with van der Waals surface area (Å²) in [7, 11) is 0. The average Bonchev–Trinajstić information content (AvgIpc) is 2.73. The standard InChI is InChI=1S/C22H18BrN3O3/c23-18-8-5-7-17(13-18)22(28)29-20-11-4-6-16(12-20)14-25-26-21(27)15-24-19-9-2-1-3-10-19/h1-14,24H,15H2,(H,26,27)/b25-14-. The van der Waals surface area contributed by atoms with E-state index in [1.54, 1.807) is 42.5 Å². The predicted molar refractivity (Wildman–Crippen MR) is 116 cm³/mol. The highest BCUT2D eigenvalue weighted by Gasteiger charge is 2.09. The second kappa shape index (κ2) is 10.2. The summed E-state index contributed by atoms with van der Waals surface area (Å²) in [4.78, 5) is 24.1. The Morgan fingerprint density at radius 3 is 2.55 bits per heavy atom. The Hall–Kier alpha value is -3.45. The van der Waals surface area contributed by atoms with E-state index in [2.05, 4.69) is 31.8 Å². The van der Waals surface area contributed by atoms with Crippen LogP contribution in [-0.4, -0.2) is 24.6 Å². The quantitative estimate of drug-likeness (QED) is 0.243. The van der Waals surface area contributed by atoms with Crippen molar-refractivity contribution in [3.63, 3.8) is 0 Å². The number of amides is 1. The zero-order valence-electron chi connectivity index (χ0n) is 15.3. The van der Waals surface area contributed by atoms with Crippen molar-refractivity contribution in [2.45, 2.75) is 0 Å². The van der Waals surface area contributed by atoms with Crippen molar-refractivity contribution in [2.75, 3.05) is 11.9 Å². The van der Waals surface area contributed by atoms with Crippen LogP contribution in [0.5, 0.6) is 5.75 Å². The van der Waals surface area contributed by atoms with Crippen molar-refractivity contribution >= 4 is 39.7 Å². The summed E-state index contributed by atoms with van der Waals surface area (Å²) >= 11 is 3.33. The molecule has 0 aromatic heterocycles. The van der Waals surface area contributed by atoms with Crippen molar-refractivity contribution in [2.24, 2.45) is 5.10 Å². The van der Waals surface area contributed by atoms with Crippen molar-refractivity contribution in [3.05, 3.63) is 94.5 Å². The highest BCUT2D eigenvalue weighted by atomic mass is 79.9. The van der Waals surface area contributed by atoms with Gasteiger partial charge < -0.3 is 10.1 Å². The molecule has 0 saturated heterocycles. The second-order valence-electron chi connectivity index (χ2n) is 5.99. The molecule has 0 radical (unpaired) electrons. The van der Waals surface area contributed by atoms with Crippen LogP contribution in [0.2, 0.25) is 0 Å². The number of para-hydroxylation sites is 1. The van der Waals surface area contributed by atoms with Gasteiger partial charge in [-0.25, -0.2) is 10.2 Å². The third kappa shape index (κ3) is 6.58. The van der Waals surface area contributed by atoms with Gasteiger partial charge in [0.25, 0.3) is 5.91 Å². The van der Waals surface area contributed by atoms with E-state index >= 15 is 0 Å². The number of hydrazone groups is 1. The molecule has 3 aromatic rings. The number of anilines is 1. The fourth-order valence-corrected chi connectivity index (χ4v) is 2.80. The van der Waals surface area contributed by atoms with Crippen molar-refractivity contribution in [1.82, 2.24) is 5.43 Å². The summed E-state index contributed by atoms with van der Waals surface area (Å²) < 4.78 is 6.19. The van der Waals surface area contributed by atoms with Gasteiger partial charge >= 0.3 is 5.97 Å². The van der Waals surface area contributed by atoms with E-state index < -0.39 is 5.97 Å². The van der Waals surface area contributed by atoms with Gasteiger partial charge in [0.05, 0.1) is 18.3 Å². The van der Waals surface area contributed by atoms with E-state index in [0.717, 1.165) is 10.2 Å². The molecule has 3 aromatic carbocycles. The molecule has 0 aliphatic carbocycles. The minimum atomic E-state index is -0.458. The Kier molecular flexibility index (Phi) is 7.13. The molecule has 29 heavy (non-hydrogen) atoms. The van der Waals surface area contributed by atoms with Gasteiger partial charge in [0, 0.05) is 10.2 Å². The SMILES string of the molecule is O=C(CNc1ccccc1)N/N=C\c1cccc(OC(=O)c2cccc(Br)c2)c1. The summed E-state index contributed by atoms with van der Waals surface area (Å²) in [6, 6.07) is 23.2. The van der Waals surface area contributed by atoms with Crippen LogP contribution in [0.3, 0.4) is 0 Å². The van der Waals surface area contributed by atoms with Crippen LogP contribution in [-0.2, 0) is 4.79 Å². The molecule has 0 fully saturated rings. The summed E-state index contributed by atoms with van der Waals surface area (Å²) in [5.74, 6) is -0.348. The number of hydrogen-bond donors (Lipinski definition) is 2. The van der Waals surface area contributed by atoms with Gasteiger partial charge in [-0.1, -0.05) is 52.3 Å². The summed E-state index contributed by atoms with van der Waals surface area (Å²) in [6.45, 7) is 0.103. The maximum Gasteiger partial charge on any atom is 0.343 e. The molecule has 0 heterocycles. The molecule has 0 unspecified atom stereocenters. The molecule has 0 aliphatic heterocycles. The number of nitrogens with one attached hydrogen (secondary N) is 2. The molecule has 6 nitrogen and oxygen atoms in total. The number of esters is 1. The zero-order valence-corrected chi connectivity index (χ0v) is 16.9. The molecular weight excluding hydrogens is 434 g/mol. The molecule has 0 saturated carbocycles. The summed E-state index contributed by atoms with van der Waals surface area (Å²) in [5, 5.41) is 6.93. The fourth-order valence-electron chi connectivity index (χ4n) is 2.40. The molecule has 0 spiro atoms. The number of halogens is 1. The van der Waals surface area contributed by atoms with E-state index in [0.29, 0.717) is 16.9 Å². The van der Waals surface area contributed by atoms with E-state index in [-0.39, 0.29) is 12.5 Å². The monoisotopic (exact) mass is 451 g/mol. The molecule has 7 heteroatoms. The average molecular weight is 452 g/mol. The van der Waals surface area contributed by atoms with Gasteiger partial charge in [0.1, 0.15) is 5.75 Å². The summed E-state index contributed by atoms with van der Waals surface area (Å²) in [5.41, 5.74) is 4.42. The van der Waals surface area contributed by atoms with E-state index in [1.165, 1.54) is 6.21 Å². The molecule has 2 N–H and O–H groups in total. The van der Waals surface area contributed by atoms with Crippen molar-refractivity contribution in [1.29, 1.82) is 0 Å². The van der Waals surface area contributed by atoms with Gasteiger partial charge in [0.15, 0.2) is 0 Å². The minimum absolute atomic E-state index is 0.103. The lowest BCUT2D eigenvalue weighted by molar-refractivity contribution is -0.119. The van der Waals surface area contributed by atoms with Crippen LogP contribution in [0.1, 0.15) is 15.9 Å². The van der Waals surface area contributed by atoms with Gasteiger partial charge in [0.2, 0.25) is 0 Å². The lowest BCUT2D eigenvalue weighted by atomic mass is 10.2. The molecule has 1 amide bonds. The first-order valence-electron chi connectivity index (χ1n) is 8.79. The third-order valence-corrected chi connectivity index (χ3v) is 4.25. The Morgan fingerprint density at radius 2 is 1.76 bits per heavy atom. The maximum atomic E-state index is 12.2. The van der Waals surface area contributed by atoms with Crippen LogP contribution in [0.25, 0.3) is 0 Å². The first-order valence-corrected chi connectivity index (χ1v) is 9.58. The number of benzene rings is 3. The van der Waals surface area contributed by atoms with Crippen molar-refractivity contribution < 1.29 is 14.3 Å². The van der Waals surface area contributed by atoms with Crippen LogP contribution in [0.4, 0.5) is 5.69 Å². The van der Waals surface area contributed by atoms with Gasteiger partial charge in [-0.3, -0.25) is 4.79 Å². The molecule has 0 atom stereocenters. The number of hydrogen-bond acceptors (Lipinski definition) is 5. The number of nitrogens with zero attached hydrogens (tertiary/aromatic N) is 1. The summed E-state index contributed by atoms with van der Waals surface area (Å²) in [6.07, 6.45) is 1.48. The van der Waals surface area contributed by atoms with Crippen molar-refractivity contribution in [3.8, 4) is 5.75 Å². The fraction of sp³-hybridized carbons (Fsp3) is 0.0455. The zero-order chi connectivity index (χ0) is 20.5. The molecule has 0 bridgehead atoms. The largest absolute Gasteiger partial charge is 0.423 e. The first kappa shape index (κ1) is 20.3. The van der Waals surface area contributed by atoms with Gasteiger partial charge in [-0.05, 0) is 48.0 Å². The first-order chi connectivity index (χ1) is 14.1. The van der Waals surface area contributed by atoms with Gasteiger partial charge in [-0.15, -0.1) is 0 Å². The Labute approximate surface area is 176 Å². The van der Waals surface area contributed by atoms with E-state index in [1.807, 2.05) is 36.4 Å². The number of rotatable bonds is 7. The van der Waals surface area contributed by atoms with Gasteiger partial charge in [-0.2, -0.15) is 5.10 Å². The molecular formula is C22H18BrN3O3. The Morgan fingerprint density at radius 1 is 0.966 bits per heavy atom. The lowest BCUT2D eigenvalue weighted by Gasteiger charge is -2.06. The molecule has 3 rings (SSSR count). The Balaban J connectivity index is 1.52. The van der Waals surface area contributed by atoms with E-state index in [4.69, 9.17) is 4.74 Å². The minimum Gasteiger partial charge on any atom is -0.423 e. The predicted octanol–water partition coefficient (Wildman–Crippen LogP) is 4.23. The van der Waals surface area contributed by atoms with Crippen LogP contribution in [0, 0.1) is 0 Å². The lowest BCUT2D eigenvalue weighted by Crippen LogP contribution is -2.25. The smallest absolute Gasteiger partial charge is 0.343 e. The number of ether oxygens (including phenoxy) is 1. The Bertz CT molecular complexity index is 1020. The van der Waals surface area contributed by atoms with Crippen LogP contribution >= 0.6 is 15.9 Å². The normalized spacial score (nSPS) is 10.5. The highest BCUT2D eigenvalue weighted by molar-refractivity contribution is 9.10. The second-order valence-corrected chi connectivity index (χ2v) is 6.90. The van der Waals surface area contributed by atoms with E-state index in [9.17, 15) is 9.59 Å². The molecule has 146 valence electrons. The third-order valence-electron chi connectivity index (χ3n) is 3.76.